The summed E-state index contributed by atoms with van der Waals surface area (Å²) in [5.41, 5.74) is 11.9. The lowest BCUT2D eigenvalue weighted by molar-refractivity contribution is -0.131. The van der Waals surface area contributed by atoms with Crippen molar-refractivity contribution in [3.63, 3.8) is 0 Å². The first-order valence-corrected chi connectivity index (χ1v) is 16.5. The van der Waals surface area contributed by atoms with Gasteiger partial charge in [0.25, 0.3) is 11.8 Å². The van der Waals surface area contributed by atoms with Gasteiger partial charge in [-0.2, -0.15) is 0 Å². The number of Topliss-reactive ketones (excluding diaryl/α,β-unsaturated/α-hetero) is 2. The molecule has 0 radical (unpaired) electrons. The van der Waals surface area contributed by atoms with Gasteiger partial charge in [-0.25, -0.2) is 4.99 Å². The molecule has 0 aliphatic carbocycles. The molecule has 1 heterocycles. The van der Waals surface area contributed by atoms with Crippen LogP contribution in [-0.4, -0.2) is 113 Å². The Hall–Kier alpha value is -5.56. The number of rotatable bonds is 23. The predicted octanol–water partition coefficient (Wildman–Crippen LogP) is -0.909. The molecule has 0 fully saturated rings. The van der Waals surface area contributed by atoms with Crippen LogP contribution in [0.1, 0.15) is 44.1 Å². The second kappa shape index (κ2) is 20.8. The van der Waals surface area contributed by atoms with Crippen molar-refractivity contribution in [2.75, 3.05) is 20.6 Å². The van der Waals surface area contributed by atoms with Crippen LogP contribution in [0.2, 0.25) is 0 Å². The Morgan fingerprint density at radius 2 is 1.55 bits per heavy atom. The van der Waals surface area contributed by atoms with Crippen LogP contribution in [0.5, 0.6) is 0 Å². The third-order valence-corrected chi connectivity index (χ3v) is 8.30. The number of fused-ring (bicyclic) bond motifs is 1. The number of aliphatic imine (C=N–C) groups is 1. The zero-order chi connectivity index (χ0) is 38.1. The van der Waals surface area contributed by atoms with E-state index in [0.717, 1.165) is 16.5 Å². The van der Waals surface area contributed by atoms with E-state index >= 15 is 0 Å². The molecule has 0 saturated heterocycles. The molecule has 3 atom stereocenters. The van der Waals surface area contributed by atoms with Gasteiger partial charge >= 0.3 is 0 Å². The fraction of sp³-hybridized carbons (Fsp3) is 0.406. The third kappa shape index (κ3) is 14.4. The smallest absolute Gasteiger partial charge is 0.263 e. The summed E-state index contributed by atoms with van der Waals surface area (Å²) in [5, 5.41) is 18.9. The van der Waals surface area contributed by atoms with Gasteiger partial charge in [0.2, 0.25) is 23.6 Å². The molecule has 51 heavy (non-hydrogen) atoms. The number of nitrogens with two attached hydrogens (primary N) is 2. The maximum absolute atomic E-state index is 13.4. The van der Waals surface area contributed by atoms with Crippen molar-refractivity contribution in [1.29, 1.82) is 10.8 Å². The molecule has 0 aliphatic rings. The van der Waals surface area contributed by atoms with Crippen LogP contribution in [0.4, 0.5) is 0 Å². The minimum Gasteiger partial charge on any atom is -0.368 e. The molecule has 0 spiro atoms. The Bertz CT molecular complexity index is 1690. The molecule has 6 amide bonds. The summed E-state index contributed by atoms with van der Waals surface area (Å²) >= 11 is 0.570. The van der Waals surface area contributed by atoms with Gasteiger partial charge in [-0.1, -0.05) is 18.2 Å². The quantitative estimate of drug-likeness (QED) is 0.0515. The van der Waals surface area contributed by atoms with E-state index in [1.54, 1.807) is 25.2 Å². The van der Waals surface area contributed by atoms with Crippen molar-refractivity contribution >= 4 is 88.0 Å². The molecular weight excluding hydrogens is 684 g/mol. The molecule has 2 aromatic rings. The molecular formula is C32H42N10O8S. The molecule has 0 unspecified atom stereocenters. The summed E-state index contributed by atoms with van der Waals surface area (Å²) in [4.78, 5) is 108. The third-order valence-electron chi connectivity index (χ3n) is 7.23. The van der Waals surface area contributed by atoms with Crippen LogP contribution in [-0.2, 0) is 44.8 Å². The lowest BCUT2D eigenvalue weighted by Crippen LogP contribution is -2.54. The van der Waals surface area contributed by atoms with Crippen molar-refractivity contribution in [3.8, 4) is 0 Å². The van der Waals surface area contributed by atoms with E-state index in [1.807, 2.05) is 24.3 Å². The zero-order valence-corrected chi connectivity index (χ0v) is 29.0. The van der Waals surface area contributed by atoms with Crippen LogP contribution in [0.3, 0.4) is 0 Å². The number of likely N-dealkylation sites (N-methyl/N-ethyl adjacent to an activating group) is 1. The highest BCUT2D eigenvalue weighted by molar-refractivity contribution is 7.99. The van der Waals surface area contributed by atoms with Crippen molar-refractivity contribution in [1.82, 2.24) is 25.2 Å². The number of hydrogen-bond acceptors (Lipinski definition) is 12. The fourth-order valence-corrected chi connectivity index (χ4v) is 5.37. The van der Waals surface area contributed by atoms with Crippen LogP contribution in [0, 0.1) is 10.8 Å². The Labute approximate surface area is 297 Å². The Kier molecular flexibility index (Phi) is 17.0. The number of para-hydroxylation sites is 1. The molecule has 274 valence electrons. The van der Waals surface area contributed by atoms with E-state index in [1.165, 1.54) is 0 Å². The normalized spacial score (nSPS) is 13.0. The van der Waals surface area contributed by atoms with Crippen molar-refractivity contribution < 1.29 is 38.4 Å². The summed E-state index contributed by atoms with van der Waals surface area (Å²) in [7, 11) is 3.37. The largest absolute Gasteiger partial charge is 0.368 e. The molecule has 1 aromatic heterocycles. The number of ketones is 2. The van der Waals surface area contributed by atoms with Crippen molar-refractivity contribution in [2.45, 2.75) is 62.3 Å². The summed E-state index contributed by atoms with van der Waals surface area (Å²) < 4.78 is 2.42. The summed E-state index contributed by atoms with van der Waals surface area (Å²) in [6.07, 6.45) is 1.20. The van der Waals surface area contributed by atoms with E-state index in [2.05, 4.69) is 25.3 Å². The molecule has 1 aromatic carbocycles. The van der Waals surface area contributed by atoms with Crippen LogP contribution in [0.15, 0.2) is 35.5 Å². The number of carbonyl (C=O) groups is 8. The van der Waals surface area contributed by atoms with E-state index in [4.69, 9.17) is 22.3 Å². The second-order valence-corrected chi connectivity index (χ2v) is 12.6. The number of H-pyrrole nitrogens is 1. The lowest BCUT2D eigenvalue weighted by Gasteiger charge is -2.22. The first kappa shape index (κ1) is 41.6. The number of primary amides is 2. The highest BCUT2D eigenvalue weighted by Crippen LogP contribution is 2.20. The van der Waals surface area contributed by atoms with Crippen molar-refractivity contribution in [3.05, 3.63) is 36.0 Å². The van der Waals surface area contributed by atoms with Gasteiger partial charge in [-0.05, 0) is 50.5 Å². The highest BCUT2D eigenvalue weighted by atomic mass is 32.2. The first-order valence-electron chi connectivity index (χ1n) is 15.7. The zero-order valence-electron chi connectivity index (χ0n) is 28.2. The molecule has 2 rings (SSSR count). The topological polar surface area (TPSA) is 304 Å². The van der Waals surface area contributed by atoms with Crippen molar-refractivity contribution in [2.24, 2.45) is 16.5 Å². The Balaban J connectivity index is 2.13. The van der Waals surface area contributed by atoms with Gasteiger partial charge in [0.15, 0.2) is 11.6 Å². The number of hydrogen-bond donors (Lipinski definition) is 8. The summed E-state index contributed by atoms with van der Waals surface area (Å²) in [6, 6.07) is 4.96. The van der Waals surface area contributed by atoms with E-state index in [9.17, 15) is 38.4 Å². The average Bonchev–Trinajstić information content (AvgIpc) is 3.49. The monoisotopic (exact) mass is 726 g/mol. The maximum Gasteiger partial charge on any atom is 0.263 e. The summed E-state index contributed by atoms with van der Waals surface area (Å²) in [6.45, 7) is -0.00660. The number of aromatic nitrogens is 1. The Morgan fingerprint density at radius 3 is 2.18 bits per heavy atom. The lowest BCUT2D eigenvalue weighted by atomic mass is 10.0. The fourth-order valence-electron chi connectivity index (χ4n) is 4.61. The highest BCUT2D eigenvalue weighted by Gasteiger charge is 2.28. The van der Waals surface area contributed by atoms with E-state index < -0.39 is 70.1 Å². The molecule has 19 heteroatoms. The number of carbonyl (C=O) groups excluding carboxylic acids is 8. The number of benzene rings is 1. The maximum atomic E-state index is 13.4. The molecule has 10 N–H and O–H groups in total. The number of amides is 6. The van der Waals surface area contributed by atoms with Crippen LogP contribution < -0.4 is 26.8 Å². The number of nitrogens with one attached hydrogen (secondary N) is 6. The molecule has 18 nitrogen and oxygen atoms in total. The van der Waals surface area contributed by atoms with Gasteiger partial charge in [0, 0.05) is 49.2 Å². The van der Waals surface area contributed by atoms with Gasteiger partial charge in [0.1, 0.15) is 23.0 Å². The van der Waals surface area contributed by atoms with Gasteiger partial charge in [-0.3, -0.25) is 43.1 Å². The van der Waals surface area contributed by atoms with E-state index in [0.29, 0.717) is 24.4 Å². The summed E-state index contributed by atoms with van der Waals surface area (Å²) in [5.74, 6) is -6.06. The average molecular weight is 727 g/mol. The van der Waals surface area contributed by atoms with Crippen LogP contribution >= 0.6 is 11.9 Å². The van der Waals surface area contributed by atoms with Crippen LogP contribution in [0.25, 0.3) is 10.9 Å². The Morgan fingerprint density at radius 1 is 0.882 bits per heavy atom. The van der Waals surface area contributed by atoms with Gasteiger partial charge in [0.05, 0.1) is 19.0 Å². The van der Waals surface area contributed by atoms with E-state index in [-0.39, 0.29) is 51.5 Å². The SMILES string of the molecule is CN(C)CC(=O)N[C@@H](Cc1c[nH]c2ccccc12)C(=O)N[C@@H](CCC(=O)NS[C@@H](CCC(=O)C=N)C(=O)N=C(CCC(=O)C=N)C(N)=O)C(N)=O. The van der Waals surface area contributed by atoms with Gasteiger partial charge in [-0.15, -0.1) is 0 Å². The number of aromatic amines is 1. The minimum atomic E-state index is -1.32. The standard InChI is InChI=1S/C32H42N10O8S/c1-42(2)17-28(46)38-25(13-18-16-37-22-6-4-3-5-21(18)22)31(49)39-24(30(36)48)10-12-27(45)41-51-26(11-8-20(44)15-34)32(50)40-23(29(35)47)9-7-19(43)14-33/h3-6,14-16,24-26,33-34,37H,7-13,17H2,1-2H3,(H2,35,47)(H2,36,48)(H,38,46)(H,39,49)(H,41,45)/t24-,25-,26-/m0/s1. The first-order chi connectivity index (χ1) is 24.1. The number of nitrogens with zero attached hydrogens (tertiary/aromatic N) is 2. The molecule has 0 bridgehead atoms. The predicted molar refractivity (Wildman–Crippen MR) is 190 cm³/mol. The molecule has 0 saturated carbocycles. The molecule has 0 aliphatic heterocycles. The minimum absolute atomic E-state index is 0.00660. The van der Waals surface area contributed by atoms with Gasteiger partial charge < -0.3 is 42.8 Å². The second-order valence-electron chi connectivity index (χ2n) is 11.6.